The molecular formula is C15H13N3O4S. The van der Waals surface area contributed by atoms with Gasteiger partial charge in [0.15, 0.2) is 0 Å². The summed E-state index contributed by atoms with van der Waals surface area (Å²) in [5.74, 6) is -1.51. The highest BCUT2D eigenvalue weighted by Gasteiger charge is 2.30. The number of rotatable bonds is 5. The number of aliphatic carboxylic acids is 1. The first kappa shape index (κ1) is 15.3. The number of nitrogens with one attached hydrogen (secondary N) is 2. The highest BCUT2D eigenvalue weighted by atomic mass is 32.2. The van der Waals surface area contributed by atoms with Gasteiger partial charge in [-0.05, 0) is 6.07 Å². The maximum Gasteiger partial charge on any atom is 0.322 e. The van der Waals surface area contributed by atoms with Gasteiger partial charge in [0.25, 0.3) is 0 Å². The van der Waals surface area contributed by atoms with Gasteiger partial charge in [-0.25, -0.2) is 0 Å². The monoisotopic (exact) mass is 331 g/mol. The number of nitrogens with zero attached hydrogens (tertiary/aromatic N) is 1. The van der Waals surface area contributed by atoms with Crippen molar-refractivity contribution in [1.82, 2.24) is 10.3 Å². The van der Waals surface area contributed by atoms with E-state index in [9.17, 15) is 14.4 Å². The van der Waals surface area contributed by atoms with Crippen molar-refractivity contribution in [1.29, 1.82) is 0 Å². The fraction of sp³-hybridized carbons (Fsp3) is 0.200. The molecule has 2 heterocycles. The number of H-pyrrole nitrogens is 1. The summed E-state index contributed by atoms with van der Waals surface area (Å²) in [6.07, 6.45) is 1.63. The Kier molecular flexibility index (Phi) is 4.16. The zero-order valence-electron chi connectivity index (χ0n) is 11.9. The number of carbonyl (C=O) groups is 3. The standard InChI is InChI=1S/C15H13N3O4S/c19-12(20)6-17-14(22)11-7-23-15(18-11)13(21)9-5-16-10-4-2-1-3-8(9)10/h1-5,11,16H,6-7H2,(H,17,22)(H,19,20)/t11-/m0/s1. The van der Waals surface area contributed by atoms with E-state index in [1.54, 1.807) is 6.20 Å². The Hall–Kier alpha value is -2.61. The first-order valence-corrected chi connectivity index (χ1v) is 7.85. The Morgan fingerprint density at radius 2 is 2.13 bits per heavy atom. The van der Waals surface area contributed by atoms with Crippen molar-refractivity contribution >= 4 is 45.4 Å². The maximum absolute atomic E-state index is 12.6. The van der Waals surface area contributed by atoms with Crippen LogP contribution in [0.1, 0.15) is 10.4 Å². The second-order valence-electron chi connectivity index (χ2n) is 4.95. The number of carboxylic acids is 1. The highest BCUT2D eigenvalue weighted by Crippen LogP contribution is 2.25. The summed E-state index contributed by atoms with van der Waals surface area (Å²) in [4.78, 5) is 42.0. The third-order valence-electron chi connectivity index (χ3n) is 3.40. The molecular weight excluding hydrogens is 318 g/mol. The smallest absolute Gasteiger partial charge is 0.322 e. The number of hydrogen-bond acceptors (Lipinski definition) is 5. The zero-order valence-corrected chi connectivity index (χ0v) is 12.7. The Labute approximate surface area is 135 Å². The van der Waals surface area contributed by atoms with Gasteiger partial charge in [0.1, 0.15) is 17.6 Å². The average molecular weight is 331 g/mol. The van der Waals surface area contributed by atoms with E-state index in [2.05, 4.69) is 15.3 Å². The number of aromatic amines is 1. The average Bonchev–Trinajstić information content (AvgIpc) is 3.19. The third kappa shape index (κ3) is 3.11. The summed E-state index contributed by atoms with van der Waals surface area (Å²) >= 11 is 1.21. The van der Waals surface area contributed by atoms with Crippen molar-refractivity contribution < 1.29 is 19.5 Å². The van der Waals surface area contributed by atoms with Gasteiger partial charge in [-0.1, -0.05) is 18.2 Å². The lowest BCUT2D eigenvalue weighted by Gasteiger charge is -2.04. The molecule has 8 heteroatoms. The molecule has 1 aliphatic heterocycles. The van der Waals surface area contributed by atoms with E-state index in [-0.39, 0.29) is 10.8 Å². The molecule has 0 saturated carbocycles. The van der Waals surface area contributed by atoms with E-state index in [1.807, 2.05) is 24.3 Å². The summed E-state index contributed by atoms with van der Waals surface area (Å²) in [6.45, 7) is -0.457. The van der Waals surface area contributed by atoms with E-state index in [1.165, 1.54) is 11.8 Å². The van der Waals surface area contributed by atoms with Gasteiger partial charge in [-0.2, -0.15) is 0 Å². The number of carbonyl (C=O) groups excluding carboxylic acids is 2. The van der Waals surface area contributed by atoms with Gasteiger partial charge >= 0.3 is 5.97 Å². The zero-order chi connectivity index (χ0) is 16.4. The largest absolute Gasteiger partial charge is 0.480 e. The van der Waals surface area contributed by atoms with Crippen LogP contribution in [0.3, 0.4) is 0 Å². The van der Waals surface area contributed by atoms with E-state index in [4.69, 9.17) is 5.11 Å². The van der Waals surface area contributed by atoms with Crippen molar-refractivity contribution in [2.45, 2.75) is 6.04 Å². The van der Waals surface area contributed by atoms with Crippen molar-refractivity contribution in [3.8, 4) is 0 Å². The fourth-order valence-corrected chi connectivity index (χ4v) is 3.27. The first-order chi connectivity index (χ1) is 11.1. The normalized spacial score (nSPS) is 17.0. The van der Waals surface area contributed by atoms with Gasteiger partial charge in [0.2, 0.25) is 11.7 Å². The molecule has 118 valence electrons. The maximum atomic E-state index is 12.6. The summed E-state index contributed by atoms with van der Waals surface area (Å²) < 4.78 is 0. The molecule has 2 aromatic rings. The number of para-hydroxylation sites is 1. The molecule has 0 bridgehead atoms. The molecule has 0 unspecified atom stereocenters. The number of thioether (sulfide) groups is 1. The van der Waals surface area contributed by atoms with Gasteiger partial charge in [-0.3, -0.25) is 19.4 Å². The molecule has 3 rings (SSSR count). The lowest BCUT2D eigenvalue weighted by atomic mass is 10.1. The van der Waals surface area contributed by atoms with E-state index >= 15 is 0 Å². The van der Waals surface area contributed by atoms with E-state index < -0.39 is 24.5 Å². The Bertz CT molecular complexity index is 827. The van der Waals surface area contributed by atoms with Crippen LogP contribution in [0.5, 0.6) is 0 Å². The number of carboxylic acid groups (broad SMARTS) is 1. The van der Waals surface area contributed by atoms with Crippen LogP contribution in [-0.4, -0.2) is 51.1 Å². The second-order valence-corrected chi connectivity index (χ2v) is 5.96. The third-order valence-corrected chi connectivity index (χ3v) is 4.44. The molecule has 1 aromatic carbocycles. The fourth-order valence-electron chi connectivity index (χ4n) is 2.29. The molecule has 0 radical (unpaired) electrons. The quantitative estimate of drug-likeness (QED) is 0.710. The minimum Gasteiger partial charge on any atom is -0.480 e. The van der Waals surface area contributed by atoms with Crippen LogP contribution in [-0.2, 0) is 9.59 Å². The predicted octanol–water partition coefficient (Wildman–Crippen LogP) is 1.07. The van der Waals surface area contributed by atoms with Crippen LogP contribution < -0.4 is 5.32 Å². The summed E-state index contributed by atoms with van der Waals surface area (Å²) in [6, 6.07) is 6.70. The minimum absolute atomic E-state index is 0.235. The van der Waals surface area contributed by atoms with Crippen LogP contribution in [0.2, 0.25) is 0 Å². The van der Waals surface area contributed by atoms with Crippen molar-refractivity contribution in [3.63, 3.8) is 0 Å². The van der Waals surface area contributed by atoms with Gasteiger partial charge in [-0.15, -0.1) is 11.8 Å². The van der Waals surface area contributed by atoms with Gasteiger partial charge in [0.05, 0.1) is 5.56 Å². The molecule has 23 heavy (non-hydrogen) atoms. The molecule has 0 spiro atoms. The van der Waals surface area contributed by atoms with Crippen LogP contribution in [0, 0.1) is 0 Å². The van der Waals surface area contributed by atoms with Crippen LogP contribution in [0.25, 0.3) is 10.9 Å². The van der Waals surface area contributed by atoms with Crippen molar-refractivity contribution in [3.05, 3.63) is 36.0 Å². The van der Waals surface area contributed by atoms with Gasteiger partial charge < -0.3 is 15.4 Å². The number of aromatic nitrogens is 1. The van der Waals surface area contributed by atoms with Gasteiger partial charge in [0, 0.05) is 22.9 Å². The molecule has 7 nitrogen and oxygen atoms in total. The topological polar surface area (TPSA) is 112 Å². The molecule has 0 fully saturated rings. The molecule has 1 aromatic heterocycles. The predicted molar refractivity (Wildman–Crippen MR) is 87.0 cm³/mol. The molecule has 3 N–H and O–H groups in total. The summed E-state index contributed by atoms with van der Waals surface area (Å²) in [5.41, 5.74) is 1.37. The first-order valence-electron chi connectivity index (χ1n) is 6.87. The van der Waals surface area contributed by atoms with Crippen molar-refractivity contribution in [2.24, 2.45) is 4.99 Å². The number of aliphatic imine (C=N–C) groups is 1. The lowest BCUT2D eigenvalue weighted by Crippen LogP contribution is -2.37. The van der Waals surface area contributed by atoms with Crippen LogP contribution in [0.4, 0.5) is 0 Å². The number of hydrogen-bond donors (Lipinski definition) is 3. The number of Topliss-reactive ketones (excluding diaryl/α,β-unsaturated/α-hetero) is 1. The van der Waals surface area contributed by atoms with Crippen molar-refractivity contribution in [2.75, 3.05) is 12.3 Å². The summed E-state index contributed by atoms with van der Waals surface area (Å²) in [5, 5.41) is 11.9. The Balaban J connectivity index is 1.77. The molecule has 1 atom stereocenters. The lowest BCUT2D eigenvalue weighted by molar-refractivity contribution is -0.138. The molecule has 0 saturated heterocycles. The number of ketones is 1. The number of fused-ring (bicyclic) bond motifs is 1. The Morgan fingerprint density at radius 1 is 1.35 bits per heavy atom. The SMILES string of the molecule is O=C(O)CNC(=O)[C@@H]1CSC(C(=O)c2c[nH]c3ccccc23)=N1. The van der Waals surface area contributed by atoms with E-state index in [0.29, 0.717) is 11.3 Å². The van der Waals surface area contributed by atoms with Crippen LogP contribution in [0.15, 0.2) is 35.5 Å². The van der Waals surface area contributed by atoms with Crippen LogP contribution >= 0.6 is 11.8 Å². The molecule has 0 aliphatic carbocycles. The number of amides is 1. The molecule has 1 aliphatic rings. The van der Waals surface area contributed by atoms with E-state index in [0.717, 1.165) is 10.9 Å². The highest BCUT2D eigenvalue weighted by molar-refractivity contribution is 8.16. The molecule has 1 amide bonds. The summed E-state index contributed by atoms with van der Waals surface area (Å²) in [7, 11) is 0. The second kappa shape index (κ2) is 6.25. The Morgan fingerprint density at radius 3 is 2.91 bits per heavy atom. The minimum atomic E-state index is -1.12. The number of benzene rings is 1.